The first-order valence-electron chi connectivity index (χ1n) is 13.7. The molecule has 0 atom stereocenters. The minimum atomic E-state index is -4.19. The van der Waals surface area contributed by atoms with E-state index in [2.05, 4.69) is 9.82 Å². The third-order valence-electron chi connectivity index (χ3n) is 6.72. The summed E-state index contributed by atoms with van der Waals surface area (Å²) >= 11 is 0. The minimum Gasteiger partial charge on any atom is -0.462 e. The van der Waals surface area contributed by atoms with Crippen LogP contribution in [-0.2, 0) is 21.3 Å². The lowest BCUT2D eigenvalue weighted by molar-refractivity contribution is 0.0526. The van der Waals surface area contributed by atoms with E-state index in [0.29, 0.717) is 34.6 Å². The van der Waals surface area contributed by atoms with Gasteiger partial charge in [-0.3, -0.25) is 9.48 Å². The Morgan fingerprint density at radius 3 is 2.29 bits per heavy atom. The van der Waals surface area contributed by atoms with Crippen molar-refractivity contribution in [3.8, 4) is 22.4 Å². The van der Waals surface area contributed by atoms with E-state index < -0.39 is 21.9 Å². The molecule has 9 heteroatoms. The quantitative estimate of drug-likeness (QED) is 0.221. The number of ether oxygens (including phenoxy) is 1. The molecule has 0 aliphatic carbocycles. The Morgan fingerprint density at radius 1 is 0.951 bits per heavy atom. The molecule has 0 saturated heterocycles. The maximum Gasteiger partial charge on any atom is 0.342 e. The van der Waals surface area contributed by atoms with Crippen LogP contribution in [0.1, 0.15) is 72.0 Å². The summed E-state index contributed by atoms with van der Waals surface area (Å²) in [6.45, 7) is 10.6. The second kappa shape index (κ2) is 12.5. The van der Waals surface area contributed by atoms with Crippen molar-refractivity contribution >= 4 is 21.9 Å². The summed E-state index contributed by atoms with van der Waals surface area (Å²) in [5, 5.41) is 4.66. The number of carbonyl (C=O) groups is 2. The van der Waals surface area contributed by atoms with Crippen LogP contribution in [0, 0.1) is 6.92 Å². The summed E-state index contributed by atoms with van der Waals surface area (Å²) in [6.07, 6.45) is 0.825. The van der Waals surface area contributed by atoms with Gasteiger partial charge < -0.3 is 4.74 Å². The number of aryl methyl sites for hydroxylation is 2. The van der Waals surface area contributed by atoms with Crippen LogP contribution in [0.3, 0.4) is 0 Å². The average Bonchev–Trinajstić information content (AvgIpc) is 3.28. The predicted molar refractivity (Wildman–Crippen MR) is 159 cm³/mol. The van der Waals surface area contributed by atoms with Gasteiger partial charge in [-0.2, -0.15) is 5.10 Å². The van der Waals surface area contributed by atoms with Crippen LogP contribution in [0.25, 0.3) is 22.4 Å². The van der Waals surface area contributed by atoms with Gasteiger partial charge in [0.25, 0.3) is 15.9 Å². The zero-order valence-corrected chi connectivity index (χ0v) is 24.8. The normalized spacial score (nSPS) is 11.5. The highest BCUT2D eigenvalue weighted by Gasteiger charge is 2.27. The molecule has 4 aromatic rings. The Morgan fingerprint density at radius 2 is 1.63 bits per heavy atom. The van der Waals surface area contributed by atoms with Gasteiger partial charge in [-0.15, -0.1) is 0 Å². The van der Waals surface area contributed by atoms with Crippen molar-refractivity contribution < 1.29 is 22.7 Å². The van der Waals surface area contributed by atoms with Crippen LogP contribution in [-0.4, -0.2) is 36.7 Å². The van der Waals surface area contributed by atoms with E-state index in [4.69, 9.17) is 4.74 Å². The molecule has 41 heavy (non-hydrogen) atoms. The molecular formula is C32H35N3O5S. The SMILES string of the molecule is CCCn1nc(C)c(C(=O)OCC)c1-c1ccc(-c2ccccc2S(=O)(=O)NC(=O)c2ccccc2)cc1C(C)C. The number of benzene rings is 3. The highest BCUT2D eigenvalue weighted by Crippen LogP contribution is 2.38. The van der Waals surface area contributed by atoms with Crippen molar-refractivity contribution in [1.29, 1.82) is 0 Å². The fourth-order valence-corrected chi connectivity index (χ4v) is 6.07. The third-order valence-corrected chi connectivity index (χ3v) is 8.11. The van der Waals surface area contributed by atoms with Crippen LogP contribution < -0.4 is 4.72 Å². The van der Waals surface area contributed by atoms with Crippen molar-refractivity contribution in [2.45, 2.75) is 58.4 Å². The Bertz CT molecular complexity index is 1670. The maximum absolute atomic E-state index is 13.4. The largest absolute Gasteiger partial charge is 0.462 e. The Kier molecular flexibility index (Phi) is 9.08. The molecule has 0 spiro atoms. The Labute approximate surface area is 241 Å². The fraction of sp³-hybridized carbons (Fsp3) is 0.281. The van der Waals surface area contributed by atoms with E-state index in [9.17, 15) is 18.0 Å². The van der Waals surface area contributed by atoms with Crippen LogP contribution in [0.2, 0.25) is 0 Å². The van der Waals surface area contributed by atoms with E-state index in [-0.39, 0.29) is 23.0 Å². The van der Waals surface area contributed by atoms with Gasteiger partial charge in [-0.1, -0.05) is 75.4 Å². The summed E-state index contributed by atoms with van der Waals surface area (Å²) in [4.78, 5) is 25.7. The molecule has 0 saturated carbocycles. The van der Waals surface area contributed by atoms with E-state index in [1.54, 1.807) is 62.4 Å². The first kappa shape index (κ1) is 29.7. The number of carbonyl (C=O) groups excluding carboxylic acids is 2. The van der Waals surface area contributed by atoms with Crippen molar-refractivity contribution in [2.24, 2.45) is 0 Å². The highest BCUT2D eigenvalue weighted by molar-refractivity contribution is 7.90. The molecular weight excluding hydrogens is 538 g/mol. The molecule has 3 aromatic carbocycles. The molecule has 4 rings (SSSR count). The zero-order chi connectivity index (χ0) is 29.7. The molecule has 8 nitrogen and oxygen atoms in total. The van der Waals surface area contributed by atoms with Gasteiger partial charge >= 0.3 is 5.97 Å². The number of hydrogen-bond acceptors (Lipinski definition) is 6. The molecule has 1 N–H and O–H groups in total. The standard InChI is InChI=1S/C32H35N3O5S/c1-6-19-35-30(29(22(5)33-35)32(37)40-7-2)26-18-17-24(20-27(26)21(3)4)25-15-11-12-16-28(25)41(38,39)34-31(36)23-13-9-8-10-14-23/h8-18,20-21H,6-7,19H2,1-5H3,(H,34,36). The lowest BCUT2D eigenvalue weighted by Crippen LogP contribution is -2.30. The molecule has 1 aromatic heterocycles. The van der Waals surface area contributed by atoms with Crippen LogP contribution in [0.4, 0.5) is 0 Å². The van der Waals surface area contributed by atoms with Gasteiger partial charge in [0, 0.05) is 23.2 Å². The van der Waals surface area contributed by atoms with Crippen LogP contribution in [0.15, 0.2) is 77.7 Å². The van der Waals surface area contributed by atoms with Crippen LogP contribution >= 0.6 is 0 Å². The molecule has 0 radical (unpaired) electrons. The molecule has 0 aliphatic heterocycles. The van der Waals surface area contributed by atoms with Crippen molar-refractivity contribution in [2.75, 3.05) is 6.61 Å². The topological polar surface area (TPSA) is 107 Å². The highest BCUT2D eigenvalue weighted by atomic mass is 32.2. The molecule has 0 fully saturated rings. The second-order valence-electron chi connectivity index (χ2n) is 10.0. The number of rotatable bonds is 10. The van der Waals surface area contributed by atoms with E-state index in [1.165, 1.54) is 6.07 Å². The molecule has 0 aliphatic rings. The first-order valence-corrected chi connectivity index (χ1v) is 15.2. The molecule has 214 valence electrons. The number of nitrogens with zero attached hydrogens (tertiary/aromatic N) is 2. The van der Waals surface area contributed by atoms with Crippen molar-refractivity contribution in [1.82, 2.24) is 14.5 Å². The number of amides is 1. The Balaban J connectivity index is 1.84. The third kappa shape index (κ3) is 6.25. The van der Waals surface area contributed by atoms with Gasteiger partial charge in [0.2, 0.25) is 0 Å². The van der Waals surface area contributed by atoms with Gasteiger partial charge in [-0.05, 0) is 55.5 Å². The molecule has 0 bridgehead atoms. The average molecular weight is 574 g/mol. The van der Waals surface area contributed by atoms with Gasteiger partial charge in [0.1, 0.15) is 5.56 Å². The van der Waals surface area contributed by atoms with Crippen molar-refractivity contribution in [3.63, 3.8) is 0 Å². The van der Waals surface area contributed by atoms with E-state index in [1.807, 2.05) is 43.7 Å². The summed E-state index contributed by atoms with van der Waals surface area (Å²) in [5.74, 6) is -1.09. The second-order valence-corrected chi connectivity index (χ2v) is 11.7. The van der Waals surface area contributed by atoms with Gasteiger partial charge in [-0.25, -0.2) is 17.9 Å². The fourth-order valence-electron chi connectivity index (χ4n) is 4.86. The smallest absolute Gasteiger partial charge is 0.342 e. The minimum absolute atomic E-state index is 0.00850. The summed E-state index contributed by atoms with van der Waals surface area (Å²) in [6, 6.07) is 20.5. The van der Waals surface area contributed by atoms with E-state index >= 15 is 0 Å². The molecule has 1 heterocycles. The van der Waals surface area contributed by atoms with E-state index in [0.717, 1.165) is 17.5 Å². The molecule has 0 unspecified atom stereocenters. The molecule has 1 amide bonds. The van der Waals surface area contributed by atoms with Crippen LogP contribution in [0.5, 0.6) is 0 Å². The van der Waals surface area contributed by atoms with Crippen molar-refractivity contribution in [3.05, 3.63) is 95.2 Å². The van der Waals surface area contributed by atoms with Gasteiger partial charge in [0.15, 0.2) is 0 Å². The lowest BCUT2D eigenvalue weighted by Gasteiger charge is -2.18. The zero-order valence-electron chi connectivity index (χ0n) is 24.0. The number of esters is 1. The van der Waals surface area contributed by atoms with Gasteiger partial charge in [0.05, 0.1) is 22.9 Å². The number of nitrogens with one attached hydrogen (secondary N) is 1. The Hall–Kier alpha value is -4.24. The monoisotopic (exact) mass is 573 g/mol. The maximum atomic E-state index is 13.4. The predicted octanol–water partition coefficient (Wildman–Crippen LogP) is 6.35. The summed E-state index contributed by atoms with van der Waals surface area (Å²) in [5.41, 5.74) is 4.84. The lowest BCUT2D eigenvalue weighted by atomic mass is 9.90. The summed E-state index contributed by atoms with van der Waals surface area (Å²) in [7, 11) is -4.19. The summed E-state index contributed by atoms with van der Waals surface area (Å²) < 4.78 is 36.3. The number of aromatic nitrogens is 2. The first-order chi connectivity index (χ1) is 19.6. The number of sulfonamides is 1. The number of hydrogen-bond donors (Lipinski definition) is 1.